The van der Waals surface area contributed by atoms with E-state index in [0.717, 1.165) is 0 Å². The predicted octanol–water partition coefficient (Wildman–Crippen LogP) is 0.350. The summed E-state index contributed by atoms with van der Waals surface area (Å²) < 4.78 is 6.51. The molecule has 0 spiro atoms. The highest BCUT2D eigenvalue weighted by Gasteiger charge is 2.21. The number of ether oxygens (including phenoxy) is 1. The number of carboxylic acid groups (broad SMARTS) is 1. The van der Waals surface area contributed by atoms with Gasteiger partial charge in [0.25, 0.3) is 0 Å². The Bertz CT molecular complexity index is 506. The van der Waals surface area contributed by atoms with E-state index in [-0.39, 0.29) is 12.2 Å². The van der Waals surface area contributed by atoms with Crippen LogP contribution in [-0.4, -0.2) is 44.3 Å². The van der Waals surface area contributed by atoms with Crippen molar-refractivity contribution in [3.8, 4) is 0 Å². The van der Waals surface area contributed by atoms with Crippen molar-refractivity contribution in [1.82, 2.24) is 20.3 Å². The average molecular weight is 299 g/mol. The number of aromatic nitrogens is 3. The number of nitrogens with one attached hydrogen (secondary N) is 1. The molecule has 1 heterocycles. The summed E-state index contributed by atoms with van der Waals surface area (Å²) in [5, 5.41) is 18.9. The Hall–Kier alpha value is -2.16. The monoisotopic (exact) mass is 299 g/mol. The number of nitrogens with zero attached hydrogens (tertiary/aromatic N) is 3. The maximum Gasteiger partial charge on any atom is 0.407 e. The van der Waals surface area contributed by atoms with Gasteiger partial charge in [-0.05, 0) is 33.7 Å². The van der Waals surface area contributed by atoms with Gasteiger partial charge in [-0.2, -0.15) is 0 Å². The number of carbonyl (C=O) groups excluding carboxylic acids is 1. The topological polar surface area (TPSA) is 132 Å². The van der Waals surface area contributed by atoms with Crippen LogP contribution in [0.5, 0.6) is 0 Å². The molecule has 1 aromatic rings. The van der Waals surface area contributed by atoms with E-state index < -0.39 is 17.7 Å². The lowest BCUT2D eigenvalue weighted by atomic mass is 10.2. The first kappa shape index (κ1) is 16.9. The van der Waals surface area contributed by atoms with Crippen LogP contribution >= 0.6 is 0 Å². The summed E-state index contributed by atoms with van der Waals surface area (Å²) >= 11 is 0. The molecule has 0 saturated heterocycles. The van der Waals surface area contributed by atoms with Crippen molar-refractivity contribution in [1.29, 1.82) is 0 Å². The van der Waals surface area contributed by atoms with Gasteiger partial charge in [0.2, 0.25) is 0 Å². The summed E-state index contributed by atoms with van der Waals surface area (Å²) in [6, 6.07) is 0. The van der Waals surface area contributed by atoms with Crippen LogP contribution in [0.2, 0.25) is 0 Å². The number of hydrogen-bond donors (Lipinski definition) is 3. The van der Waals surface area contributed by atoms with Crippen LogP contribution < -0.4 is 11.1 Å². The highest BCUT2D eigenvalue weighted by Crippen LogP contribution is 2.09. The van der Waals surface area contributed by atoms with Gasteiger partial charge in [-0.1, -0.05) is 5.21 Å². The zero-order valence-corrected chi connectivity index (χ0v) is 12.4. The second-order valence-corrected chi connectivity index (χ2v) is 5.41. The van der Waals surface area contributed by atoms with E-state index >= 15 is 0 Å². The fraction of sp³-hybridized carbons (Fsp3) is 0.667. The minimum Gasteiger partial charge on any atom is -0.476 e. The van der Waals surface area contributed by atoms with Crippen LogP contribution in [0.25, 0.3) is 0 Å². The van der Waals surface area contributed by atoms with Crippen molar-refractivity contribution in [2.24, 2.45) is 5.73 Å². The molecule has 1 rings (SSSR count). The first-order chi connectivity index (χ1) is 9.74. The van der Waals surface area contributed by atoms with Gasteiger partial charge in [0, 0.05) is 6.54 Å². The Morgan fingerprint density at radius 3 is 2.62 bits per heavy atom. The molecule has 118 valence electrons. The van der Waals surface area contributed by atoms with Crippen molar-refractivity contribution in [2.45, 2.75) is 45.9 Å². The van der Waals surface area contributed by atoms with Gasteiger partial charge in [0.05, 0.1) is 12.2 Å². The lowest BCUT2D eigenvalue weighted by molar-refractivity contribution is 0.0519. The number of aryl methyl sites for hydroxylation is 1. The highest BCUT2D eigenvalue weighted by molar-refractivity contribution is 5.86. The van der Waals surface area contributed by atoms with Crippen molar-refractivity contribution < 1.29 is 19.4 Å². The Morgan fingerprint density at radius 1 is 1.43 bits per heavy atom. The van der Waals surface area contributed by atoms with Crippen LogP contribution in [-0.2, 0) is 17.8 Å². The largest absolute Gasteiger partial charge is 0.476 e. The Kier molecular flexibility index (Phi) is 5.65. The normalized spacial score (nSPS) is 11.2. The molecule has 0 aliphatic heterocycles. The van der Waals surface area contributed by atoms with Gasteiger partial charge in [-0.3, -0.25) is 0 Å². The van der Waals surface area contributed by atoms with Gasteiger partial charge in [-0.25, -0.2) is 14.3 Å². The third-order valence-electron chi connectivity index (χ3n) is 2.41. The zero-order valence-electron chi connectivity index (χ0n) is 12.4. The van der Waals surface area contributed by atoms with Gasteiger partial charge >= 0.3 is 12.1 Å². The van der Waals surface area contributed by atoms with Crippen molar-refractivity contribution in [3.05, 3.63) is 11.4 Å². The standard InChI is InChI=1S/C12H21N5O4/c1-12(2,3)21-11(20)14-7-8-9(10(18)19)15-16-17(8)6-4-5-13/h4-7,13H2,1-3H3,(H,14,20)(H,18,19). The van der Waals surface area contributed by atoms with E-state index in [2.05, 4.69) is 15.6 Å². The summed E-state index contributed by atoms with van der Waals surface area (Å²) in [4.78, 5) is 22.7. The first-order valence-electron chi connectivity index (χ1n) is 6.57. The highest BCUT2D eigenvalue weighted by atomic mass is 16.6. The van der Waals surface area contributed by atoms with E-state index in [1.54, 1.807) is 20.8 Å². The van der Waals surface area contributed by atoms with Crippen LogP contribution in [0.15, 0.2) is 0 Å². The molecule has 9 heteroatoms. The summed E-state index contributed by atoms with van der Waals surface area (Å²) in [5.41, 5.74) is 4.91. The summed E-state index contributed by atoms with van der Waals surface area (Å²) in [6.45, 7) is 6.06. The maximum atomic E-state index is 11.6. The number of hydrogen-bond acceptors (Lipinski definition) is 6. The molecule has 0 fully saturated rings. The molecule has 21 heavy (non-hydrogen) atoms. The van der Waals surface area contributed by atoms with Crippen LogP contribution in [0.4, 0.5) is 4.79 Å². The first-order valence-corrected chi connectivity index (χ1v) is 6.57. The molecule has 4 N–H and O–H groups in total. The molecule has 1 amide bonds. The molecule has 9 nitrogen and oxygen atoms in total. The number of rotatable bonds is 6. The smallest absolute Gasteiger partial charge is 0.407 e. The van der Waals surface area contributed by atoms with Crippen LogP contribution in [0.1, 0.15) is 43.4 Å². The van der Waals surface area contributed by atoms with Gasteiger partial charge in [0.1, 0.15) is 5.60 Å². The predicted molar refractivity (Wildman–Crippen MR) is 73.7 cm³/mol. The average Bonchev–Trinajstić information content (AvgIpc) is 2.74. The molecule has 0 aliphatic rings. The molecular weight excluding hydrogens is 278 g/mol. The molecule has 0 bridgehead atoms. The molecule has 0 saturated carbocycles. The SMILES string of the molecule is CC(C)(C)OC(=O)NCc1c(C(=O)O)nnn1CCCN. The third kappa shape index (κ3) is 5.38. The van der Waals surface area contributed by atoms with E-state index in [9.17, 15) is 9.59 Å². The molecule has 0 radical (unpaired) electrons. The van der Waals surface area contributed by atoms with Crippen molar-refractivity contribution in [2.75, 3.05) is 6.54 Å². The minimum absolute atomic E-state index is 0.0336. The summed E-state index contributed by atoms with van der Waals surface area (Å²) in [5.74, 6) is -1.20. The second-order valence-electron chi connectivity index (χ2n) is 5.41. The fourth-order valence-corrected chi connectivity index (χ4v) is 1.56. The molecule has 0 aliphatic carbocycles. The molecular formula is C12H21N5O4. The number of carboxylic acids is 1. The lowest BCUT2D eigenvalue weighted by Crippen LogP contribution is -2.33. The Balaban J connectivity index is 2.77. The molecule has 0 unspecified atom stereocenters. The van der Waals surface area contributed by atoms with Crippen LogP contribution in [0, 0.1) is 0 Å². The number of carbonyl (C=O) groups is 2. The number of aromatic carboxylic acids is 1. The zero-order chi connectivity index (χ0) is 16.0. The van der Waals surface area contributed by atoms with E-state index in [0.29, 0.717) is 25.2 Å². The van der Waals surface area contributed by atoms with Gasteiger partial charge in [-0.15, -0.1) is 5.10 Å². The molecule has 0 aromatic carbocycles. The van der Waals surface area contributed by atoms with E-state index in [4.69, 9.17) is 15.6 Å². The summed E-state index contributed by atoms with van der Waals surface area (Å²) in [7, 11) is 0. The molecule has 0 atom stereocenters. The quantitative estimate of drug-likeness (QED) is 0.690. The van der Waals surface area contributed by atoms with E-state index in [1.807, 2.05) is 0 Å². The maximum absolute atomic E-state index is 11.6. The van der Waals surface area contributed by atoms with Crippen molar-refractivity contribution in [3.63, 3.8) is 0 Å². The van der Waals surface area contributed by atoms with Gasteiger partial charge < -0.3 is 20.9 Å². The fourth-order valence-electron chi connectivity index (χ4n) is 1.56. The molecule has 1 aromatic heterocycles. The Labute approximate surface area is 122 Å². The Morgan fingerprint density at radius 2 is 2.10 bits per heavy atom. The minimum atomic E-state index is -1.20. The number of nitrogens with two attached hydrogens (primary N) is 1. The van der Waals surface area contributed by atoms with E-state index in [1.165, 1.54) is 4.68 Å². The second kappa shape index (κ2) is 7.02. The summed E-state index contributed by atoms with van der Waals surface area (Å²) in [6.07, 6.45) is -0.00703. The number of alkyl carbamates (subject to hydrolysis) is 1. The third-order valence-corrected chi connectivity index (χ3v) is 2.41. The number of amides is 1. The lowest BCUT2D eigenvalue weighted by Gasteiger charge is -2.19. The van der Waals surface area contributed by atoms with Gasteiger partial charge in [0.15, 0.2) is 5.69 Å². The van der Waals surface area contributed by atoms with Crippen LogP contribution in [0.3, 0.4) is 0 Å². The van der Waals surface area contributed by atoms with Crippen molar-refractivity contribution >= 4 is 12.1 Å².